The molecular weight excluding hydrogens is 253 g/mol. The van der Waals surface area contributed by atoms with Crippen molar-refractivity contribution in [3.05, 3.63) is 30.1 Å². The topological polar surface area (TPSA) is 37.4 Å². The normalized spacial score (nSPS) is 20.8. The first-order valence-corrected chi connectivity index (χ1v) is 7.57. The summed E-state index contributed by atoms with van der Waals surface area (Å²) in [7, 11) is -3.74. The van der Waals surface area contributed by atoms with Gasteiger partial charge in [0.15, 0.2) is 0 Å². The van der Waals surface area contributed by atoms with E-state index in [1.165, 1.54) is 22.5 Å². The van der Waals surface area contributed by atoms with Crippen molar-refractivity contribution in [1.29, 1.82) is 0 Å². The third-order valence-corrected chi connectivity index (χ3v) is 5.62. The maximum Gasteiger partial charge on any atom is 0.246 e. The van der Waals surface area contributed by atoms with Crippen LogP contribution in [-0.2, 0) is 10.0 Å². The minimum atomic E-state index is -3.74. The SMILES string of the molecule is CC1(C)CCCCN1S(=O)(=O)c1ccccc1F. The van der Waals surface area contributed by atoms with Crippen LogP contribution >= 0.6 is 0 Å². The van der Waals surface area contributed by atoms with Gasteiger partial charge in [0.05, 0.1) is 0 Å². The molecule has 0 aromatic heterocycles. The summed E-state index contributed by atoms with van der Waals surface area (Å²) in [4.78, 5) is -0.222. The summed E-state index contributed by atoms with van der Waals surface area (Å²) in [6, 6.07) is 5.56. The molecule has 1 aromatic carbocycles. The fourth-order valence-corrected chi connectivity index (χ4v) is 4.37. The summed E-state index contributed by atoms with van der Waals surface area (Å²) in [6.07, 6.45) is 2.65. The Morgan fingerprint density at radius 1 is 1.22 bits per heavy atom. The quantitative estimate of drug-likeness (QED) is 0.829. The fraction of sp³-hybridized carbons (Fsp3) is 0.538. The first-order chi connectivity index (χ1) is 8.36. The lowest BCUT2D eigenvalue weighted by molar-refractivity contribution is 0.169. The molecule has 0 bridgehead atoms. The standard InChI is InChI=1S/C13H18FNO2S/c1-13(2)9-5-6-10-15(13)18(16,17)12-8-4-3-7-11(12)14/h3-4,7-8H,5-6,9-10H2,1-2H3. The van der Waals surface area contributed by atoms with Gasteiger partial charge < -0.3 is 0 Å². The molecule has 18 heavy (non-hydrogen) atoms. The highest BCUT2D eigenvalue weighted by atomic mass is 32.2. The van der Waals surface area contributed by atoms with Crippen LogP contribution in [0.2, 0.25) is 0 Å². The minimum Gasteiger partial charge on any atom is -0.207 e. The monoisotopic (exact) mass is 271 g/mol. The third-order valence-electron chi connectivity index (χ3n) is 3.48. The average molecular weight is 271 g/mol. The van der Waals surface area contributed by atoms with Gasteiger partial charge in [0.1, 0.15) is 10.7 Å². The van der Waals surface area contributed by atoms with Crippen molar-refractivity contribution in [3.63, 3.8) is 0 Å². The van der Waals surface area contributed by atoms with Gasteiger partial charge in [-0.05, 0) is 38.8 Å². The maximum absolute atomic E-state index is 13.7. The van der Waals surface area contributed by atoms with Crippen LogP contribution in [0.3, 0.4) is 0 Å². The molecule has 0 saturated carbocycles. The number of halogens is 1. The zero-order chi connectivity index (χ0) is 13.4. The Morgan fingerprint density at radius 2 is 1.89 bits per heavy atom. The summed E-state index contributed by atoms with van der Waals surface area (Å²) < 4.78 is 40.1. The Labute approximate surface area is 108 Å². The second-order valence-corrected chi connectivity index (χ2v) is 7.11. The molecule has 2 rings (SSSR count). The van der Waals surface area contributed by atoms with E-state index >= 15 is 0 Å². The van der Waals surface area contributed by atoms with E-state index in [0.717, 1.165) is 19.3 Å². The molecule has 100 valence electrons. The van der Waals surface area contributed by atoms with Gasteiger partial charge in [-0.3, -0.25) is 0 Å². The number of hydrogen-bond acceptors (Lipinski definition) is 2. The molecule has 0 aliphatic carbocycles. The van der Waals surface area contributed by atoms with E-state index in [1.54, 1.807) is 6.07 Å². The molecular formula is C13H18FNO2S. The van der Waals surface area contributed by atoms with Crippen LogP contribution < -0.4 is 0 Å². The Morgan fingerprint density at radius 3 is 2.50 bits per heavy atom. The second kappa shape index (κ2) is 4.63. The van der Waals surface area contributed by atoms with E-state index in [9.17, 15) is 12.8 Å². The highest BCUT2D eigenvalue weighted by Gasteiger charge is 2.39. The Balaban J connectivity index is 2.46. The molecule has 0 atom stereocenters. The number of hydrogen-bond donors (Lipinski definition) is 0. The van der Waals surface area contributed by atoms with E-state index in [4.69, 9.17) is 0 Å². The van der Waals surface area contributed by atoms with Crippen LogP contribution in [0.1, 0.15) is 33.1 Å². The molecule has 3 nitrogen and oxygen atoms in total. The predicted molar refractivity (Wildman–Crippen MR) is 68.2 cm³/mol. The third kappa shape index (κ3) is 2.29. The summed E-state index contributed by atoms with van der Waals surface area (Å²) in [6.45, 7) is 4.25. The first kappa shape index (κ1) is 13.5. The summed E-state index contributed by atoms with van der Waals surface area (Å²) in [5.41, 5.74) is -0.445. The summed E-state index contributed by atoms with van der Waals surface area (Å²) in [5.74, 6) is -0.682. The average Bonchev–Trinajstić information content (AvgIpc) is 2.28. The van der Waals surface area contributed by atoms with E-state index in [2.05, 4.69) is 0 Å². The van der Waals surface area contributed by atoms with Gasteiger partial charge >= 0.3 is 0 Å². The van der Waals surface area contributed by atoms with Gasteiger partial charge in [-0.15, -0.1) is 0 Å². The molecule has 5 heteroatoms. The molecule has 1 saturated heterocycles. The lowest BCUT2D eigenvalue weighted by Crippen LogP contribution is -2.50. The van der Waals surface area contributed by atoms with Crippen LogP contribution in [0.5, 0.6) is 0 Å². The Hall–Kier alpha value is -0.940. The predicted octanol–water partition coefficient (Wildman–Crippen LogP) is 2.78. The number of benzene rings is 1. The molecule has 0 unspecified atom stereocenters. The molecule has 0 N–H and O–H groups in total. The molecule has 0 radical (unpaired) electrons. The summed E-state index contributed by atoms with van der Waals surface area (Å²) in [5, 5.41) is 0. The van der Waals surface area contributed by atoms with E-state index in [-0.39, 0.29) is 4.90 Å². The van der Waals surface area contributed by atoms with Crippen molar-refractivity contribution in [2.75, 3.05) is 6.54 Å². The van der Waals surface area contributed by atoms with Crippen LogP contribution in [0.4, 0.5) is 4.39 Å². The molecule has 1 aliphatic rings. The van der Waals surface area contributed by atoms with E-state index in [0.29, 0.717) is 6.54 Å². The molecule has 0 spiro atoms. The van der Waals surface area contributed by atoms with Crippen molar-refractivity contribution in [3.8, 4) is 0 Å². The highest BCUT2D eigenvalue weighted by molar-refractivity contribution is 7.89. The molecule has 1 aliphatic heterocycles. The van der Waals surface area contributed by atoms with Gasteiger partial charge in [-0.1, -0.05) is 18.6 Å². The van der Waals surface area contributed by atoms with Crippen molar-refractivity contribution in [2.45, 2.75) is 43.5 Å². The van der Waals surface area contributed by atoms with Gasteiger partial charge in [-0.2, -0.15) is 4.31 Å². The number of piperidine rings is 1. The number of nitrogens with zero attached hydrogens (tertiary/aromatic N) is 1. The Kier molecular flexibility index (Phi) is 3.47. The smallest absolute Gasteiger partial charge is 0.207 e. The van der Waals surface area contributed by atoms with Crippen LogP contribution in [0, 0.1) is 5.82 Å². The largest absolute Gasteiger partial charge is 0.246 e. The van der Waals surface area contributed by atoms with Crippen molar-refractivity contribution < 1.29 is 12.8 Å². The lowest BCUT2D eigenvalue weighted by Gasteiger charge is -2.41. The number of sulfonamides is 1. The van der Waals surface area contributed by atoms with Crippen LogP contribution in [0.15, 0.2) is 29.2 Å². The number of rotatable bonds is 2. The Bertz CT molecular complexity index is 540. The molecule has 1 aromatic rings. The zero-order valence-corrected chi connectivity index (χ0v) is 11.5. The van der Waals surface area contributed by atoms with Gasteiger partial charge in [-0.25, -0.2) is 12.8 Å². The fourth-order valence-electron chi connectivity index (χ4n) is 2.46. The van der Waals surface area contributed by atoms with Crippen LogP contribution in [-0.4, -0.2) is 24.8 Å². The molecule has 0 amide bonds. The lowest BCUT2D eigenvalue weighted by atomic mass is 9.93. The van der Waals surface area contributed by atoms with Crippen LogP contribution in [0.25, 0.3) is 0 Å². The molecule has 1 fully saturated rings. The zero-order valence-electron chi connectivity index (χ0n) is 10.7. The molecule has 1 heterocycles. The van der Waals surface area contributed by atoms with E-state index in [1.807, 2.05) is 13.8 Å². The van der Waals surface area contributed by atoms with Crippen molar-refractivity contribution in [2.24, 2.45) is 0 Å². The maximum atomic E-state index is 13.7. The van der Waals surface area contributed by atoms with Crippen molar-refractivity contribution in [1.82, 2.24) is 4.31 Å². The van der Waals surface area contributed by atoms with E-state index < -0.39 is 21.4 Å². The minimum absolute atomic E-state index is 0.222. The summed E-state index contributed by atoms with van der Waals surface area (Å²) >= 11 is 0. The first-order valence-electron chi connectivity index (χ1n) is 6.13. The van der Waals surface area contributed by atoms with Gasteiger partial charge in [0.25, 0.3) is 0 Å². The van der Waals surface area contributed by atoms with Crippen molar-refractivity contribution >= 4 is 10.0 Å². The second-order valence-electron chi connectivity index (χ2n) is 5.28. The van der Waals surface area contributed by atoms with Gasteiger partial charge in [0.2, 0.25) is 10.0 Å². The highest BCUT2D eigenvalue weighted by Crippen LogP contribution is 2.33. The van der Waals surface area contributed by atoms with Gasteiger partial charge in [0, 0.05) is 12.1 Å².